The molecule has 0 radical (unpaired) electrons. The molecule has 0 N–H and O–H groups in total. The molecule has 76 valence electrons. The quantitative estimate of drug-likeness (QED) is 0.713. The highest BCUT2D eigenvalue weighted by Crippen LogP contribution is 2.22. The molecular weight excluding hydrogens is 256 g/mol. The van der Waals surface area contributed by atoms with Crippen LogP contribution in [0.4, 0.5) is 8.78 Å². The smallest absolute Gasteiger partial charge is 0.259 e. The molecule has 1 amide bonds. The van der Waals surface area contributed by atoms with Gasteiger partial charge in [-0.15, -0.1) is 0 Å². The van der Waals surface area contributed by atoms with Crippen molar-refractivity contribution in [1.29, 1.82) is 0 Å². The van der Waals surface area contributed by atoms with Gasteiger partial charge in [0.05, 0.1) is 4.47 Å². The molecule has 0 saturated carbocycles. The molecule has 0 aliphatic heterocycles. The Hall–Kier alpha value is -0.970. The first kappa shape index (κ1) is 11.1. The molecular formula is C9H8BrF2NO. The number of benzene rings is 1. The molecule has 0 aliphatic carbocycles. The van der Waals surface area contributed by atoms with Crippen LogP contribution in [0.3, 0.4) is 0 Å². The summed E-state index contributed by atoms with van der Waals surface area (Å²) in [6, 6.07) is 2.26. The molecule has 14 heavy (non-hydrogen) atoms. The number of hydrogen-bond donors (Lipinski definition) is 0. The summed E-state index contributed by atoms with van der Waals surface area (Å²) in [4.78, 5) is 12.5. The van der Waals surface area contributed by atoms with Crippen molar-refractivity contribution >= 4 is 21.8 Å². The number of amides is 1. The van der Waals surface area contributed by atoms with E-state index in [0.29, 0.717) is 0 Å². The molecule has 5 heteroatoms. The van der Waals surface area contributed by atoms with Crippen molar-refractivity contribution in [3.8, 4) is 0 Å². The molecule has 0 bridgehead atoms. The van der Waals surface area contributed by atoms with E-state index in [0.717, 1.165) is 11.0 Å². The fraction of sp³-hybridized carbons (Fsp3) is 0.222. The van der Waals surface area contributed by atoms with E-state index in [2.05, 4.69) is 15.9 Å². The maximum atomic E-state index is 13.3. The number of nitrogens with zero attached hydrogens (tertiary/aromatic N) is 1. The lowest BCUT2D eigenvalue weighted by atomic mass is 10.2. The van der Waals surface area contributed by atoms with E-state index in [1.807, 2.05) is 0 Å². The molecule has 0 aliphatic rings. The van der Waals surface area contributed by atoms with E-state index in [1.54, 1.807) is 0 Å². The van der Waals surface area contributed by atoms with Gasteiger partial charge in [-0.3, -0.25) is 4.79 Å². The van der Waals surface area contributed by atoms with Crippen LogP contribution in [-0.2, 0) is 0 Å². The van der Waals surface area contributed by atoms with Crippen molar-refractivity contribution in [3.63, 3.8) is 0 Å². The van der Waals surface area contributed by atoms with Crippen LogP contribution in [0.15, 0.2) is 16.6 Å². The maximum absolute atomic E-state index is 13.3. The third-order valence-corrected chi connectivity index (χ3v) is 2.28. The van der Waals surface area contributed by atoms with Gasteiger partial charge in [-0.05, 0) is 28.1 Å². The molecule has 0 aromatic heterocycles. The predicted octanol–water partition coefficient (Wildman–Crippen LogP) is 2.43. The lowest BCUT2D eigenvalue weighted by molar-refractivity contribution is 0.0818. The number of carbonyl (C=O) groups is 1. The van der Waals surface area contributed by atoms with Crippen molar-refractivity contribution in [3.05, 3.63) is 33.8 Å². The van der Waals surface area contributed by atoms with Gasteiger partial charge >= 0.3 is 0 Å². The average Bonchev–Trinajstić information content (AvgIpc) is 2.12. The van der Waals surface area contributed by atoms with Crippen LogP contribution in [0.1, 0.15) is 10.4 Å². The Morgan fingerprint density at radius 2 is 1.93 bits per heavy atom. The average molecular weight is 264 g/mol. The molecule has 0 saturated heterocycles. The molecule has 2 nitrogen and oxygen atoms in total. The third-order valence-electron chi connectivity index (χ3n) is 1.66. The summed E-state index contributed by atoms with van der Waals surface area (Å²) in [5.74, 6) is -2.42. The standard InChI is InChI=1S/C9H8BrF2NO/c1-13(2)9(14)7-6(11)4-3-5(10)8(7)12/h3-4H,1-2H3. The van der Waals surface area contributed by atoms with Crippen LogP contribution in [0.2, 0.25) is 0 Å². The fourth-order valence-electron chi connectivity index (χ4n) is 0.947. The minimum Gasteiger partial charge on any atom is -0.345 e. The molecule has 0 atom stereocenters. The normalized spacial score (nSPS) is 10.1. The Balaban J connectivity index is 3.33. The van der Waals surface area contributed by atoms with Crippen molar-refractivity contribution in [2.75, 3.05) is 14.1 Å². The molecule has 0 heterocycles. The zero-order valence-corrected chi connectivity index (χ0v) is 9.23. The highest BCUT2D eigenvalue weighted by atomic mass is 79.9. The first-order valence-electron chi connectivity index (χ1n) is 3.80. The van der Waals surface area contributed by atoms with E-state index in [4.69, 9.17) is 0 Å². The van der Waals surface area contributed by atoms with Crippen molar-refractivity contribution < 1.29 is 13.6 Å². The zero-order chi connectivity index (χ0) is 10.9. The minimum atomic E-state index is -0.872. The van der Waals surface area contributed by atoms with Crippen LogP contribution < -0.4 is 0 Å². The van der Waals surface area contributed by atoms with Crippen LogP contribution in [0, 0.1) is 11.6 Å². The van der Waals surface area contributed by atoms with Gasteiger partial charge in [0.15, 0.2) is 5.82 Å². The summed E-state index contributed by atoms with van der Waals surface area (Å²) in [6.07, 6.45) is 0. The van der Waals surface area contributed by atoms with Gasteiger partial charge in [0.2, 0.25) is 0 Å². The van der Waals surface area contributed by atoms with E-state index in [1.165, 1.54) is 20.2 Å². The number of carbonyl (C=O) groups excluding carboxylic acids is 1. The minimum absolute atomic E-state index is 0.0732. The lowest BCUT2D eigenvalue weighted by Gasteiger charge is -2.12. The van der Waals surface area contributed by atoms with Crippen LogP contribution in [0.25, 0.3) is 0 Å². The van der Waals surface area contributed by atoms with E-state index >= 15 is 0 Å². The Morgan fingerprint density at radius 3 is 2.43 bits per heavy atom. The molecule has 0 fully saturated rings. The summed E-state index contributed by atoms with van der Waals surface area (Å²) < 4.78 is 26.5. The van der Waals surface area contributed by atoms with E-state index in [9.17, 15) is 13.6 Å². The van der Waals surface area contributed by atoms with Crippen LogP contribution in [0.5, 0.6) is 0 Å². The molecule has 1 aromatic carbocycles. The second-order valence-corrected chi connectivity index (χ2v) is 3.77. The van der Waals surface area contributed by atoms with Gasteiger partial charge in [0.1, 0.15) is 11.4 Å². The number of hydrogen-bond acceptors (Lipinski definition) is 1. The van der Waals surface area contributed by atoms with Crippen LogP contribution >= 0.6 is 15.9 Å². The first-order chi connectivity index (χ1) is 6.45. The molecule has 0 unspecified atom stereocenters. The van der Waals surface area contributed by atoms with E-state index < -0.39 is 23.1 Å². The van der Waals surface area contributed by atoms with Crippen molar-refractivity contribution in [2.45, 2.75) is 0 Å². The van der Waals surface area contributed by atoms with E-state index in [-0.39, 0.29) is 4.47 Å². The van der Waals surface area contributed by atoms with Gasteiger partial charge in [-0.1, -0.05) is 0 Å². The summed E-state index contributed by atoms with van der Waals surface area (Å²) >= 11 is 2.89. The highest BCUT2D eigenvalue weighted by molar-refractivity contribution is 9.10. The summed E-state index contributed by atoms with van der Waals surface area (Å²) in [7, 11) is 2.87. The van der Waals surface area contributed by atoms with Crippen molar-refractivity contribution in [2.24, 2.45) is 0 Å². The summed E-state index contributed by atoms with van der Waals surface area (Å²) in [6.45, 7) is 0. The lowest BCUT2D eigenvalue weighted by Crippen LogP contribution is -2.24. The topological polar surface area (TPSA) is 20.3 Å². The molecule has 1 rings (SSSR count). The summed E-state index contributed by atoms with van der Waals surface area (Å²) in [5, 5.41) is 0. The Morgan fingerprint density at radius 1 is 1.36 bits per heavy atom. The predicted molar refractivity (Wildman–Crippen MR) is 52.1 cm³/mol. The van der Waals surface area contributed by atoms with Gasteiger partial charge < -0.3 is 4.90 Å². The van der Waals surface area contributed by atoms with Gasteiger partial charge in [0, 0.05) is 14.1 Å². The Kier molecular flexibility index (Phi) is 3.21. The fourth-order valence-corrected chi connectivity index (χ4v) is 1.28. The first-order valence-corrected chi connectivity index (χ1v) is 4.59. The Bertz CT molecular complexity index is 379. The monoisotopic (exact) mass is 263 g/mol. The largest absolute Gasteiger partial charge is 0.345 e. The molecule has 1 aromatic rings. The third kappa shape index (κ3) is 1.92. The SMILES string of the molecule is CN(C)C(=O)c1c(F)ccc(Br)c1F. The summed E-state index contributed by atoms with van der Waals surface area (Å²) in [5.41, 5.74) is -0.538. The maximum Gasteiger partial charge on any atom is 0.259 e. The van der Waals surface area contributed by atoms with Gasteiger partial charge in [-0.25, -0.2) is 8.78 Å². The second-order valence-electron chi connectivity index (χ2n) is 2.92. The van der Waals surface area contributed by atoms with Crippen LogP contribution in [-0.4, -0.2) is 24.9 Å². The molecule has 0 spiro atoms. The number of rotatable bonds is 1. The van der Waals surface area contributed by atoms with Gasteiger partial charge in [0.25, 0.3) is 5.91 Å². The highest BCUT2D eigenvalue weighted by Gasteiger charge is 2.20. The second kappa shape index (κ2) is 4.04. The van der Waals surface area contributed by atoms with Gasteiger partial charge in [-0.2, -0.15) is 0 Å². The number of halogens is 3. The Labute approximate surface area is 88.6 Å². The van der Waals surface area contributed by atoms with Crippen molar-refractivity contribution in [1.82, 2.24) is 4.90 Å². The zero-order valence-electron chi connectivity index (χ0n) is 7.64.